The van der Waals surface area contributed by atoms with E-state index in [9.17, 15) is 13.6 Å². The number of nitrogens with one attached hydrogen (secondary N) is 1. The Hall–Kier alpha value is -1.23. The van der Waals surface area contributed by atoms with Gasteiger partial charge in [0.1, 0.15) is 11.6 Å². The summed E-state index contributed by atoms with van der Waals surface area (Å²) in [4.78, 5) is 9.95. The number of rotatable bonds is 3. The van der Waals surface area contributed by atoms with E-state index in [4.69, 9.17) is 0 Å². The number of benzene rings is 1. The Morgan fingerprint density at radius 1 is 1.53 bits per heavy atom. The Labute approximate surface area is 94.1 Å². The largest absolute Gasteiger partial charge is 0.332 e. The van der Waals surface area contributed by atoms with Gasteiger partial charge in [0.05, 0.1) is 4.47 Å². The van der Waals surface area contributed by atoms with Crippen LogP contribution in [0.1, 0.15) is 11.1 Å². The molecule has 0 radical (unpaired) electrons. The van der Waals surface area contributed by atoms with Gasteiger partial charge in [-0.1, -0.05) is 0 Å². The lowest BCUT2D eigenvalue weighted by molar-refractivity contribution is -0.108. The Balaban J connectivity index is 3.14. The third-order valence-electron chi connectivity index (χ3n) is 1.80. The summed E-state index contributed by atoms with van der Waals surface area (Å²) in [7, 11) is 0. The molecule has 0 atom stereocenters. The topological polar surface area (TPSA) is 29.1 Å². The third kappa shape index (κ3) is 2.86. The summed E-state index contributed by atoms with van der Waals surface area (Å²) in [6, 6.07) is 2.54. The maximum absolute atomic E-state index is 13.4. The van der Waals surface area contributed by atoms with Crippen LogP contribution in [0.25, 0.3) is 5.83 Å². The molecule has 0 fully saturated rings. The van der Waals surface area contributed by atoms with E-state index in [-0.39, 0.29) is 10.0 Å². The van der Waals surface area contributed by atoms with Crippen molar-refractivity contribution in [2.75, 3.05) is 0 Å². The van der Waals surface area contributed by atoms with Gasteiger partial charge in [0, 0.05) is 11.8 Å². The zero-order chi connectivity index (χ0) is 11.4. The first kappa shape index (κ1) is 11.8. The molecule has 0 heterocycles. The van der Waals surface area contributed by atoms with E-state index in [1.165, 1.54) is 12.1 Å². The highest BCUT2D eigenvalue weighted by Crippen LogP contribution is 2.26. The number of carbonyl (C=O) groups is 1. The van der Waals surface area contributed by atoms with Crippen molar-refractivity contribution in [3.05, 3.63) is 39.7 Å². The number of hydrogen-bond acceptors (Lipinski definition) is 1. The molecule has 0 saturated heterocycles. The molecular weight excluding hydrogens is 268 g/mol. The highest BCUT2D eigenvalue weighted by molar-refractivity contribution is 9.10. The van der Waals surface area contributed by atoms with E-state index >= 15 is 0 Å². The molecule has 0 unspecified atom stereocenters. The lowest BCUT2D eigenvalue weighted by Gasteiger charge is -2.04. The molecule has 80 valence electrons. The zero-order valence-corrected chi connectivity index (χ0v) is 9.44. The van der Waals surface area contributed by atoms with Crippen LogP contribution in [0.3, 0.4) is 0 Å². The summed E-state index contributed by atoms with van der Waals surface area (Å²) in [6.45, 7) is 1.58. The molecule has 1 aromatic carbocycles. The van der Waals surface area contributed by atoms with Crippen LogP contribution in [-0.2, 0) is 4.79 Å². The molecule has 1 amide bonds. The average Bonchev–Trinajstić information content (AvgIpc) is 2.20. The maximum atomic E-state index is 13.4. The predicted octanol–water partition coefficient (Wildman–Crippen LogP) is 2.91. The Morgan fingerprint density at radius 2 is 2.20 bits per heavy atom. The minimum Gasteiger partial charge on any atom is -0.332 e. The first-order valence-corrected chi connectivity index (χ1v) is 4.87. The van der Waals surface area contributed by atoms with Gasteiger partial charge in [-0.25, -0.2) is 8.78 Å². The van der Waals surface area contributed by atoms with Gasteiger partial charge in [-0.2, -0.15) is 0 Å². The van der Waals surface area contributed by atoms with Crippen LogP contribution in [0.2, 0.25) is 0 Å². The fraction of sp³-hybridized carbons (Fsp3) is 0.100. The minimum absolute atomic E-state index is 0.178. The zero-order valence-electron chi connectivity index (χ0n) is 7.85. The average molecular weight is 276 g/mol. The van der Waals surface area contributed by atoms with Crippen molar-refractivity contribution in [1.82, 2.24) is 5.32 Å². The minimum atomic E-state index is -0.625. The van der Waals surface area contributed by atoms with E-state index in [0.717, 1.165) is 6.20 Å². The fourth-order valence-corrected chi connectivity index (χ4v) is 1.43. The highest BCUT2D eigenvalue weighted by atomic mass is 79.9. The maximum Gasteiger partial charge on any atom is 0.211 e. The van der Waals surface area contributed by atoms with Crippen molar-refractivity contribution in [3.63, 3.8) is 0 Å². The lowest BCUT2D eigenvalue weighted by Crippen LogP contribution is -2.00. The predicted molar refractivity (Wildman–Crippen MR) is 57.1 cm³/mol. The number of aryl methyl sites for hydroxylation is 1. The standard InChI is InChI=1S/C10H8BrF2NO/c1-6-2-9(12)8(11)3-7(6)10(13)4-14-5-15/h2-5H,1H3,(H,14,15)/b10-4+. The van der Waals surface area contributed by atoms with Gasteiger partial charge in [0.25, 0.3) is 0 Å². The van der Waals surface area contributed by atoms with Crippen molar-refractivity contribution in [2.45, 2.75) is 6.92 Å². The van der Waals surface area contributed by atoms with Crippen LogP contribution in [0.4, 0.5) is 8.78 Å². The first-order chi connectivity index (χ1) is 7.06. The third-order valence-corrected chi connectivity index (χ3v) is 2.41. The molecular formula is C10H8BrF2NO. The van der Waals surface area contributed by atoms with Gasteiger partial charge < -0.3 is 5.32 Å². The Morgan fingerprint density at radius 3 is 2.80 bits per heavy atom. The quantitative estimate of drug-likeness (QED) is 0.845. The second-order valence-electron chi connectivity index (χ2n) is 2.86. The summed E-state index contributed by atoms with van der Waals surface area (Å²) in [5, 5.41) is 2.08. The van der Waals surface area contributed by atoms with Crippen molar-refractivity contribution >= 4 is 28.2 Å². The monoisotopic (exact) mass is 275 g/mol. The van der Waals surface area contributed by atoms with Crippen molar-refractivity contribution in [3.8, 4) is 0 Å². The van der Waals surface area contributed by atoms with Gasteiger partial charge >= 0.3 is 0 Å². The summed E-state index contributed by atoms with van der Waals surface area (Å²) in [5.41, 5.74) is 0.690. The molecule has 0 aliphatic heterocycles. The van der Waals surface area contributed by atoms with Crippen LogP contribution >= 0.6 is 15.9 Å². The van der Waals surface area contributed by atoms with Crippen molar-refractivity contribution in [2.24, 2.45) is 0 Å². The summed E-state index contributed by atoms with van der Waals surface area (Å²) in [6.07, 6.45) is 1.27. The van der Waals surface area contributed by atoms with Gasteiger partial charge in [0.15, 0.2) is 0 Å². The molecule has 5 heteroatoms. The van der Waals surface area contributed by atoms with Gasteiger partial charge in [-0.05, 0) is 40.5 Å². The Kier molecular flexibility index (Phi) is 3.96. The van der Waals surface area contributed by atoms with E-state index in [1.807, 2.05) is 0 Å². The Bertz CT molecular complexity index is 418. The van der Waals surface area contributed by atoms with Gasteiger partial charge in [0.2, 0.25) is 6.41 Å². The molecule has 0 aliphatic rings. The van der Waals surface area contributed by atoms with E-state index in [0.29, 0.717) is 12.0 Å². The van der Waals surface area contributed by atoms with E-state index in [1.54, 1.807) is 6.92 Å². The van der Waals surface area contributed by atoms with Crippen LogP contribution in [0.5, 0.6) is 0 Å². The second-order valence-corrected chi connectivity index (χ2v) is 3.71. The molecule has 0 saturated carbocycles. The normalized spacial score (nSPS) is 11.3. The summed E-state index contributed by atoms with van der Waals surface area (Å²) in [5.74, 6) is -1.08. The lowest BCUT2D eigenvalue weighted by atomic mass is 10.1. The summed E-state index contributed by atoms with van der Waals surface area (Å²) >= 11 is 2.96. The van der Waals surface area contributed by atoms with Crippen molar-refractivity contribution < 1.29 is 13.6 Å². The van der Waals surface area contributed by atoms with Crippen LogP contribution < -0.4 is 5.32 Å². The molecule has 2 nitrogen and oxygen atoms in total. The number of amides is 1. The molecule has 0 spiro atoms. The molecule has 0 bridgehead atoms. The number of carbonyl (C=O) groups excluding carboxylic acids is 1. The highest BCUT2D eigenvalue weighted by Gasteiger charge is 2.08. The summed E-state index contributed by atoms with van der Waals surface area (Å²) < 4.78 is 26.6. The molecule has 1 aromatic rings. The molecule has 15 heavy (non-hydrogen) atoms. The van der Waals surface area contributed by atoms with Crippen molar-refractivity contribution in [1.29, 1.82) is 0 Å². The van der Waals surface area contributed by atoms with Crippen LogP contribution in [0, 0.1) is 12.7 Å². The number of halogens is 3. The molecule has 0 aliphatic carbocycles. The van der Waals surface area contributed by atoms with Crippen LogP contribution in [0.15, 0.2) is 22.8 Å². The van der Waals surface area contributed by atoms with E-state index < -0.39 is 11.6 Å². The molecule has 1 N–H and O–H groups in total. The first-order valence-electron chi connectivity index (χ1n) is 4.07. The SMILES string of the molecule is Cc1cc(F)c(Br)cc1/C(F)=C\NC=O. The smallest absolute Gasteiger partial charge is 0.211 e. The molecule has 1 rings (SSSR count). The van der Waals surface area contributed by atoms with Gasteiger partial charge in [-0.3, -0.25) is 4.79 Å². The number of hydrogen-bond donors (Lipinski definition) is 1. The van der Waals surface area contributed by atoms with Gasteiger partial charge in [-0.15, -0.1) is 0 Å². The molecule has 0 aromatic heterocycles. The van der Waals surface area contributed by atoms with Crippen LogP contribution in [-0.4, -0.2) is 6.41 Å². The second kappa shape index (κ2) is 5.02. The fourth-order valence-electron chi connectivity index (χ4n) is 1.09. The van der Waals surface area contributed by atoms with E-state index in [2.05, 4.69) is 21.2 Å².